The molecule has 1 aliphatic rings. The highest BCUT2D eigenvalue weighted by Crippen LogP contribution is 1.98. The minimum absolute atomic E-state index is 0.580. The van der Waals surface area contributed by atoms with Gasteiger partial charge in [0.2, 0.25) is 0 Å². The van der Waals surface area contributed by atoms with Crippen LogP contribution in [-0.4, -0.2) is 12.8 Å². The molecule has 0 radical (unpaired) electrons. The van der Waals surface area contributed by atoms with E-state index in [1.807, 2.05) is 12.3 Å². The van der Waals surface area contributed by atoms with E-state index in [0.717, 1.165) is 12.0 Å². The molecule has 0 saturated carbocycles. The summed E-state index contributed by atoms with van der Waals surface area (Å²) in [4.78, 5) is 3.91. The molecule has 0 saturated heterocycles. The summed E-state index contributed by atoms with van der Waals surface area (Å²) in [6.45, 7) is 0.580. The second kappa shape index (κ2) is 2.27. The molecule has 0 spiro atoms. The predicted molar refractivity (Wildman–Crippen MR) is 31.7 cm³/mol. The van der Waals surface area contributed by atoms with Crippen molar-refractivity contribution in [3.63, 3.8) is 0 Å². The molecule has 1 rings (SSSR count). The van der Waals surface area contributed by atoms with Gasteiger partial charge in [-0.1, -0.05) is 6.08 Å². The predicted octanol–water partition coefficient (Wildman–Crippen LogP) is 0.911. The molecule has 0 aromatic carbocycles. The summed E-state index contributed by atoms with van der Waals surface area (Å²) >= 11 is 0. The van der Waals surface area contributed by atoms with Crippen LogP contribution in [0.2, 0.25) is 0 Å². The number of nitrogens with zero attached hydrogens (tertiary/aromatic N) is 2. The normalized spacial score (nSPS) is 17.1. The van der Waals surface area contributed by atoms with Gasteiger partial charge in [0.05, 0.1) is 12.6 Å². The molecule has 0 atom stereocenters. The molecule has 1 aliphatic heterocycles. The Morgan fingerprint density at radius 3 is 3.00 bits per heavy atom. The average molecular weight is 106 g/mol. The van der Waals surface area contributed by atoms with Gasteiger partial charge in [-0.3, -0.25) is 4.99 Å². The fourth-order valence-electron chi connectivity index (χ4n) is 0.578. The third-order valence-corrected chi connectivity index (χ3v) is 1.00. The van der Waals surface area contributed by atoms with Crippen molar-refractivity contribution in [2.75, 3.05) is 6.54 Å². The van der Waals surface area contributed by atoms with Crippen LogP contribution >= 0.6 is 0 Å². The fourth-order valence-corrected chi connectivity index (χ4v) is 0.578. The zero-order chi connectivity index (χ0) is 5.82. The zero-order valence-corrected chi connectivity index (χ0v) is 4.46. The zero-order valence-electron chi connectivity index (χ0n) is 4.46. The first-order valence-corrected chi connectivity index (χ1v) is 2.51. The molecule has 0 amide bonds. The molecule has 0 aliphatic carbocycles. The van der Waals surface area contributed by atoms with Gasteiger partial charge in [-0.25, -0.2) is 0 Å². The van der Waals surface area contributed by atoms with Crippen LogP contribution in [0.15, 0.2) is 16.6 Å². The molecule has 0 aromatic rings. The summed E-state index contributed by atoms with van der Waals surface area (Å²) in [6, 6.07) is 2.05. The molecular formula is C6H6N2. The summed E-state index contributed by atoms with van der Waals surface area (Å²) in [5.41, 5.74) is 0.785. The van der Waals surface area contributed by atoms with Crippen LogP contribution in [0.5, 0.6) is 0 Å². The highest BCUT2D eigenvalue weighted by atomic mass is 14.7. The molecule has 8 heavy (non-hydrogen) atoms. The standard InChI is InChI=1S/C6H6N2/c7-4-6-2-1-3-8-5-6/h2-3H,1,5H2. The highest BCUT2D eigenvalue weighted by Gasteiger charge is 1.94. The number of allylic oxidation sites excluding steroid dienone is 1. The fraction of sp³-hybridized carbons (Fsp3) is 0.333. The Morgan fingerprint density at radius 1 is 1.75 bits per heavy atom. The van der Waals surface area contributed by atoms with Gasteiger partial charge in [-0.15, -0.1) is 0 Å². The van der Waals surface area contributed by atoms with Crippen LogP contribution in [0, 0.1) is 11.3 Å². The van der Waals surface area contributed by atoms with Crippen molar-refractivity contribution in [2.45, 2.75) is 6.42 Å². The van der Waals surface area contributed by atoms with E-state index in [9.17, 15) is 0 Å². The van der Waals surface area contributed by atoms with Crippen LogP contribution in [0.1, 0.15) is 6.42 Å². The Balaban J connectivity index is 2.59. The molecule has 0 unspecified atom stereocenters. The van der Waals surface area contributed by atoms with E-state index in [4.69, 9.17) is 5.26 Å². The Kier molecular flexibility index (Phi) is 1.43. The smallest absolute Gasteiger partial charge is 0.0963 e. The van der Waals surface area contributed by atoms with E-state index in [1.165, 1.54) is 0 Å². The quantitative estimate of drug-likeness (QED) is 0.452. The SMILES string of the molecule is N#CC1=CCC=NC1. The van der Waals surface area contributed by atoms with Gasteiger partial charge >= 0.3 is 0 Å². The first kappa shape index (κ1) is 5.04. The van der Waals surface area contributed by atoms with Crippen LogP contribution in [0.3, 0.4) is 0 Å². The molecule has 2 heteroatoms. The van der Waals surface area contributed by atoms with Crippen molar-refractivity contribution in [1.82, 2.24) is 0 Å². The molecular weight excluding hydrogens is 100 g/mol. The van der Waals surface area contributed by atoms with Crippen LogP contribution in [0.25, 0.3) is 0 Å². The van der Waals surface area contributed by atoms with Crippen molar-refractivity contribution in [1.29, 1.82) is 5.26 Å². The largest absolute Gasteiger partial charge is 0.292 e. The third-order valence-electron chi connectivity index (χ3n) is 1.00. The Morgan fingerprint density at radius 2 is 2.62 bits per heavy atom. The summed E-state index contributed by atoms with van der Waals surface area (Å²) < 4.78 is 0. The first-order chi connectivity index (χ1) is 3.93. The Labute approximate surface area is 48.2 Å². The van der Waals surface area contributed by atoms with Gasteiger partial charge in [0.25, 0.3) is 0 Å². The van der Waals surface area contributed by atoms with E-state index in [-0.39, 0.29) is 0 Å². The van der Waals surface area contributed by atoms with Crippen molar-refractivity contribution >= 4 is 6.21 Å². The lowest BCUT2D eigenvalue weighted by molar-refractivity contribution is 1.13. The molecule has 0 N–H and O–H groups in total. The second-order valence-corrected chi connectivity index (χ2v) is 1.60. The maximum absolute atomic E-state index is 8.30. The lowest BCUT2D eigenvalue weighted by Gasteiger charge is -1.95. The van der Waals surface area contributed by atoms with Gasteiger partial charge in [0.15, 0.2) is 0 Å². The number of hydrogen-bond donors (Lipinski definition) is 0. The number of rotatable bonds is 0. The molecule has 1 heterocycles. The second-order valence-electron chi connectivity index (χ2n) is 1.60. The van der Waals surface area contributed by atoms with E-state index in [1.54, 1.807) is 0 Å². The maximum atomic E-state index is 8.30. The van der Waals surface area contributed by atoms with Crippen LogP contribution in [0.4, 0.5) is 0 Å². The molecule has 40 valence electrons. The lowest BCUT2D eigenvalue weighted by atomic mass is 10.2. The van der Waals surface area contributed by atoms with Crippen molar-refractivity contribution in [3.05, 3.63) is 11.6 Å². The van der Waals surface area contributed by atoms with Crippen molar-refractivity contribution < 1.29 is 0 Å². The van der Waals surface area contributed by atoms with Gasteiger partial charge in [-0.2, -0.15) is 5.26 Å². The van der Waals surface area contributed by atoms with Gasteiger partial charge in [0, 0.05) is 18.2 Å². The molecule has 0 bridgehead atoms. The van der Waals surface area contributed by atoms with E-state index >= 15 is 0 Å². The highest BCUT2D eigenvalue weighted by molar-refractivity contribution is 5.62. The molecule has 0 fully saturated rings. The van der Waals surface area contributed by atoms with Gasteiger partial charge in [-0.05, 0) is 0 Å². The van der Waals surface area contributed by atoms with Crippen LogP contribution in [-0.2, 0) is 0 Å². The summed E-state index contributed by atoms with van der Waals surface area (Å²) in [7, 11) is 0. The summed E-state index contributed by atoms with van der Waals surface area (Å²) in [5, 5.41) is 8.30. The Hall–Kier alpha value is -1.10. The number of dihydropyridines is 1. The maximum Gasteiger partial charge on any atom is 0.0963 e. The Bertz CT molecular complexity index is 171. The minimum Gasteiger partial charge on any atom is -0.292 e. The summed E-state index contributed by atoms with van der Waals surface area (Å²) in [5.74, 6) is 0. The number of aliphatic imine (C=N–C) groups is 1. The van der Waals surface area contributed by atoms with Crippen molar-refractivity contribution in [3.8, 4) is 6.07 Å². The van der Waals surface area contributed by atoms with E-state index in [0.29, 0.717) is 6.54 Å². The molecule has 2 nitrogen and oxygen atoms in total. The van der Waals surface area contributed by atoms with E-state index < -0.39 is 0 Å². The van der Waals surface area contributed by atoms with Crippen molar-refractivity contribution in [2.24, 2.45) is 4.99 Å². The van der Waals surface area contributed by atoms with Gasteiger partial charge in [0.1, 0.15) is 0 Å². The topological polar surface area (TPSA) is 36.1 Å². The first-order valence-electron chi connectivity index (χ1n) is 2.51. The average Bonchev–Trinajstić information content (AvgIpc) is 1.90. The monoisotopic (exact) mass is 106 g/mol. The molecule has 0 aromatic heterocycles. The number of hydrogen-bond acceptors (Lipinski definition) is 2. The summed E-state index contributed by atoms with van der Waals surface area (Å²) in [6.07, 6.45) is 4.54. The lowest BCUT2D eigenvalue weighted by Crippen LogP contribution is -1.91. The van der Waals surface area contributed by atoms with Crippen LogP contribution < -0.4 is 0 Å². The minimum atomic E-state index is 0.580. The van der Waals surface area contributed by atoms with E-state index in [2.05, 4.69) is 11.1 Å². The third kappa shape index (κ3) is 0.941. The van der Waals surface area contributed by atoms with Gasteiger partial charge < -0.3 is 0 Å². The number of nitriles is 1.